The van der Waals surface area contributed by atoms with Crippen molar-refractivity contribution in [1.82, 2.24) is 4.98 Å². The highest BCUT2D eigenvalue weighted by Crippen LogP contribution is 2.21. The summed E-state index contributed by atoms with van der Waals surface area (Å²) in [6.45, 7) is 1.78. The van der Waals surface area contributed by atoms with Gasteiger partial charge >= 0.3 is 0 Å². The molecule has 0 aliphatic carbocycles. The zero-order valence-electron chi connectivity index (χ0n) is 9.32. The van der Waals surface area contributed by atoms with E-state index >= 15 is 0 Å². The van der Waals surface area contributed by atoms with Gasteiger partial charge in [0, 0.05) is 0 Å². The number of hydrogen-bond acceptors (Lipinski definition) is 2. The maximum atomic E-state index is 13.0. The highest BCUT2D eigenvalue weighted by atomic mass is 19.1. The van der Waals surface area contributed by atoms with Gasteiger partial charge in [0.05, 0.1) is 17.9 Å². The fraction of sp³-hybridized carbons (Fsp3) is 0.154. The summed E-state index contributed by atoms with van der Waals surface area (Å²) >= 11 is 0. The van der Waals surface area contributed by atoms with Crippen LogP contribution in [0.4, 0.5) is 8.78 Å². The Kier molecular flexibility index (Phi) is 3.15. The van der Waals surface area contributed by atoms with Crippen molar-refractivity contribution in [2.45, 2.75) is 13.0 Å². The Balaban J connectivity index is 2.36. The van der Waals surface area contributed by atoms with Crippen molar-refractivity contribution in [3.63, 3.8) is 0 Å². The van der Waals surface area contributed by atoms with Crippen LogP contribution in [0.25, 0.3) is 0 Å². The molecule has 1 atom stereocenters. The van der Waals surface area contributed by atoms with Gasteiger partial charge in [0.25, 0.3) is 0 Å². The lowest BCUT2D eigenvalue weighted by Crippen LogP contribution is -2.15. The molecule has 1 heterocycles. The van der Waals surface area contributed by atoms with Crippen LogP contribution in [0.5, 0.6) is 0 Å². The fourth-order valence-electron chi connectivity index (χ4n) is 1.72. The van der Waals surface area contributed by atoms with Crippen LogP contribution in [-0.2, 0) is 0 Å². The number of halogens is 2. The zero-order chi connectivity index (χ0) is 12.4. The monoisotopic (exact) mass is 234 g/mol. The molecular weight excluding hydrogens is 222 g/mol. The zero-order valence-corrected chi connectivity index (χ0v) is 9.32. The minimum atomic E-state index is -0.476. The second kappa shape index (κ2) is 4.59. The molecule has 4 heteroatoms. The number of benzene rings is 1. The lowest BCUT2D eigenvalue weighted by Gasteiger charge is -2.14. The largest absolute Gasteiger partial charge is 0.319 e. The SMILES string of the molecule is Cc1cc(F)ccc1C(N)c1ccc(F)cn1. The van der Waals surface area contributed by atoms with E-state index in [9.17, 15) is 8.78 Å². The minimum absolute atomic E-state index is 0.300. The maximum Gasteiger partial charge on any atom is 0.141 e. The fourth-order valence-corrected chi connectivity index (χ4v) is 1.72. The van der Waals surface area contributed by atoms with Crippen LogP contribution >= 0.6 is 0 Å². The van der Waals surface area contributed by atoms with E-state index in [1.165, 1.54) is 24.3 Å². The van der Waals surface area contributed by atoms with Crippen LogP contribution in [0, 0.1) is 18.6 Å². The molecule has 0 fully saturated rings. The molecule has 0 saturated heterocycles. The number of aromatic nitrogens is 1. The molecule has 2 rings (SSSR count). The lowest BCUT2D eigenvalue weighted by molar-refractivity contribution is 0.616. The molecule has 0 bridgehead atoms. The third-order valence-corrected chi connectivity index (χ3v) is 2.64. The Bertz CT molecular complexity index is 523. The van der Waals surface area contributed by atoms with Crippen LogP contribution < -0.4 is 5.73 Å². The van der Waals surface area contributed by atoms with Crippen LogP contribution in [0.1, 0.15) is 22.9 Å². The molecule has 0 aliphatic rings. The highest BCUT2D eigenvalue weighted by Gasteiger charge is 2.13. The van der Waals surface area contributed by atoms with Gasteiger partial charge in [0.2, 0.25) is 0 Å². The Morgan fingerprint density at radius 3 is 2.41 bits per heavy atom. The van der Waals surface area contributed by atoms with Gasteiger partial charge < -0.3 is 5.73 Å². The number of nitrogens with zero attached hydrogens (tertiary/aromatic N) is 1. The van der Waals surface area contributed by atoms with E-state index in [4.69, 9.17) is 5.73 Å². The normalized spacial score (nSPS) is 12.5. The van der Waals surface area contributed by atoms with Crippen LogP contribution in [-0.4, -0.2) is 4.98 Å². The van der Waals surface area contributed by atoms with Gasteiger partial charge in [-0.1, -0.05) is 6.07 Å². The summed E-state index contributed by atoms with van der Waals surface area (Å²) < 4.78 is 25.7. The molecule has 2 N–H and O–H groups in total. The van der Waals surface area contributed by atoms with E-state index in [0.29, 0.717) is 5.69 Å². The van der Waals surface area contributed by atoms with Crippen molar-refractivity contribution in [3.05, 3.63) is 65.0 Å². The molecule has 1 aromatic carbocycles. The molecule has 17 heavy (non-hydrogen) atoms. The van der Waals surface area contributed by atoms with Gasteiger partial charge in [-0.25, -0.2) is 8.78 Å². The van der Waals surface area contributed by atoms with E-state index in [-0.39, 0.29) is 5.82 Å². The first kappa shape index (κ1) is 11.7. The van der Waals surface area contributed by atoms with E-state index in [2.05, 4.69) is 4.98 Å². The van der Waals surface area contributed by atoms with Gasteiger partial charge in [-0.3, -0.25) is 4.98 Å². The van der Waals surface area contributed by atoms with Crippen LogP contribution in [0.3, 0.4) is 0 Å². The number of hydrogen-bond donors (Lipinski definition) is 1. The molecule has 1 aromatic heterocycles. The van der Waals surface area contributed by atoms with E-state index in [1.54, 1.807) is 13.0 Å². The molecule has 0 amide bonds. The number of aryl methyl sites for hydroxylation is 1. The van der Waals surface area contributed by atoms with Gasteiger partial charge in [0.1, 0.15) is 11.6 Å². The van der Waals surface area contributed by atoms with Gasteiger partial charge in [-0.15, -0.1) is 0 Å². The summed E-state index contributed by atoms with van der Waals surface area (Å²) in [6, 6.07) is 6.76. The summed E-state index contributed by atoms with van der Waals surface area (Å²) in [5.41, 5.74) is 8.10. The summed E-state index contributed by atoms with van der Waals surface area (Å²) in [7, 11) is 0. The second-order valence-corrected chi connectivity index (χ2v) is 3.88. The maximum absolute atomic E-state index is 13.0. The molecule has 0 radical (unpaired) electrons. The summed E-state index contributed by atoms with van der Waals surface area (Å²) in [5.74, 6) is -0.706. The predicted octanol–water partition coefficient (Wildman–Crippen LogP) is 2.72. The van der Waals surface area contributed by atoms with Crippen molar-refractivity contribution in [2.75, 3.05) is 0 Å². The molecule has 0 spiro atoms. The number of rotatable bonds is 2. The van der Waals surface area contributed by atoms with Gasteiger partial charge in [-0.05, 0) is 42.3 Å². The first-order chi connectivity index (χ1) is 8.08. The van der Waals surface area contributed by atoms with Crippen molar-refractivity contribution in [1.29, 1.82) is 0 Å². The Morgan fingerprint density at radius 2 is 1.82 bits per heavy atom. The first-order valence-corrected chi connectivity index (χ1v) is 5.21. The standard InChI is InChI=1S/C13H12F2N2/c1-8-6-9(14)2-4-11(8)13(16)12-5-3-10(15)7-17-12/h2-7,13H,16H2,1H3. The predicted molar refractivity (Wildman–Crippen MR) is 61.4 cm³/mol. The van der Waals surface area contributed by atoms with Crippen LogP contribution in [0.2, 0.25) is 0 Å². The van der Waals surface area contributed by atoms with Crippen molar-refractivity contribution in [2.24, 2.45) is 5.73 Å². The highest BCUT2D eigenvalue weighted by molar-refractivity contribution is 5.34. The molecule has 2 nitrogen and oxygen atoms in total. The summed E-state index contributed by atoms with van der Waals surface area (Å²) in [5, 5.41) is 0. The molecule has 88 valence electrons. The van der Waals surface area contributed by atoms with E-state index < -0.39 is 11.9 Å². The summed E-state index contributed by atoms with van der Waals surface area (Å²) in [6.07, 6.45) is 1.12. The Morgan fingerprint density at radius 1 is 1.12 bits per heavy atom. The molecule has 0 saturated carbocycles. The van der Waals surface area contributed by atoms with Crippen molar-refractivity contribution < 1.29 is 8.78 Å². The Hall–Kier alpha value is -1.81. The summed E-state index contributed by atoms with van der Waals surface area (Å²) in [4.78, 5) is 3.92. The average Bonchev–Trinajstić information content (AvgIpc) is 2.29. The molecule has 2 aromatic rings. The quantitative estimate of drug-likeness (QED) is 0.867. The van der Waals surface area contributed by atoms with E-state index in [0.717, 1.165) is 17.3 Å². The van der Waals surface area contributed by atoms with Crippen molar-refractivity contribution in [3.8, 4) is 0 Å². The van der Waals surface area contributed by atoms with E-state index in [1.807, 2.05) is 0 Å². The Labute approximate surface area is 98.1 Å². The lowest BCUT2D eigenvalue weighted by atomic mass is 9.99. The third kappa shape index (κ3) is 2.47. The first-order valence-electron chi connectivity index (χ1n) is 5.21. The number of nitrogens with two attached hydrogens (primary N) is 1. The van der Waals surface area contributed by atoms with Crippen molar-refractivity contribution >= 4 is 0 Å². The third-order valence-electron chi connectivity index (χ3n) is 2.64. The average molecular weight is 234 g/mol. The smallest absolute Gasteiger partial charge is 0.141 e. The molecule has 1 unspecified atom stereocenters. The second-order valence-electron chi connectivity index (χ2n) is 3.88. The molecular formula is C13H12F2N2. The van der Waals surface area contributed by atoms with Crippen LogP contribution in [0.15, 0.2) is 36.5 Å². The topological polar surface area (TPSA) is 38.9 Å². The molecule has 0 aliphatic heterocycles. The van der Waals surface area contributed by atoms with Gasteiger partial charge in [0.15, 0.2) is 0 Å². The van der Waals surface area contributed by atoms with Gasteiger partial charge in [-0.2, -0.15) is 0 Å². The number of pyridine rings is 1. The minimum Gasteiger partial charge on any atom is -0.319 e.